The van der Waals surface area contributed by atoms with Crippen molar-refractivity contribution in [1.29, 1.82) is 0 Å². The van der Waals surface area contributed by atoms with Gasteiger partial charge in [-0.1, -0.05) is 63.4 Å². The molecule has 2 rings (SSSR count). The molecule has 0 saturated heterocycles. The van der Waals surface area contributed by atoms with Crippen molar-refractivity contribution in [3.8, 4) is 0 Å². The van der Waals surface area contributed by atoms with Crippen LogP contribution < -0.4 is 10.8 Å². The lowest BCUT2D eigenvalue weighted by Crippen LogP contribution is -2.36. The summed E-state index contributed by atoms with van der Waals surface area (Å²) in [5.74, 6) is -0.245. The average molecular weight is 346 g/mol. The van der Waals surface area contributed by atoms with Gasteiger partial charge in [-0.25, -0.2) is 5.48 Å². The molecule has 2 N–H and O–H groups in total. The highest BCUT2D eigenvalue weighted by Crippen LogP contribution is 2.22. The minimum Gasteiger partial charge on any atom is -0.353 e. The summed E-state index contributed by atoms with van der Waals surface area (Å²) in [6.45, 7) is 3.63. The fraction of sp³-hybridized carbons (Fsp3) is 0.600. The highest BCUT2D eigenvalue weighted by Gasteiger charge is 2.19. The molecule has 0 spiro atoms. The molecule has 138 valence electrons. The van der Waals surface area contributed by atoms with Crippen molar-refractivity contribution in [2.45, 2.75) is 70.9 Å². The topological polar surface area (TPSA) is 67.4 Å². The quantitative estimate of drug-likeness (QED) is 0.706. The Kier molecular flexibility index (Phi) is 7.92. The maximum absolute atomic E-state index is 12.2. The van der Waals surface area contributed by atoms with E-state index < -0.39 is 0 Å². The Hall–Kier alpha value is -1.88. The lowest BCUT2D eigenvalue weighted by Gasteiger charge is -2.23. The Morgan fingerprint density at radius 1 is 1.12 bits per heavy atom. The van der Waals surface area contributed by atoms with Crippen LogP contribution in [0.2, 0.25) is 0 Å². The molecule has 5 heteroatoms. The van der Waals surface area contributed by atoms with E-state index in [0.29, 0.717) is 18.9 Å². The zero-order chi connectivity index (χ0) is 18.1. The highest BCUT2D eigenvalue weighted by molar-refractivity contribution is 5.77. The number of benzene rings is 1. The van der Waals surface area contributed by atoms with Crippen LogP contribution in [0.3, 0.4) is 0 Å². The Morgan fingerprint density at radius 2 is 1.80 bits per heavy atom. The number of hydrogen-bond donors (Lipinski definition) is 2. The molecule has 0 aromatic heterocycles. The predicted octanol–water partition coefficient (Wildman–Crippen LogP) is 3.66. The van der Waals surface area contributed by atoms with Crippen LogP contribution in [0.4, 0.5) is 0 Å². The largest absolute Gasteiger partial charge is 0.353 e. The lowest BCUT2D eigenvalue weighted by atomic mass is 9.95. The standard InChI is InChI=1S/C20H30N2O3/c1-15(2)20(24)22-25-18(16-9-5-3-6-10-16)13-14-19(23)21-17-11-7-4-8-12-17/h3,5-6,9-10,15,17-18H,4,7-8,11-14H2,1-2H3,(H,21,23)(H,22,24)/t18-/m0/s1. The molecular weight excluding hydrogens is 316 g/mol. The van der Waals surface area contributed by atoms with E-state index >= 15 is 0 Å². The predicted molar refractivity (Wildman–Crippen MR) is 97.5 cm³/mol. The van der Waals surface area contributed by atoms with E-state index in [-0.39, 0.29) is 23.8 Å². The van der Waals surface area contributed by atoms with E-state index in [1.165, 1.54) is 19.3 Å². The first-order valence-electron chi connectivity index (χ1n) is 9.36. The molecule has 25 heavy (non-hydrogen) atoms. The first kappa shape index (κ1) is 19.4. The lowest BCUT2D eigenvalue weighted by molar-refractivity contribution is -0.142. The van der Waals surface area contributed by atoms with E-state index in [0.717, 1.165) is 18.4 Å². The summed E-state index contributed by atoms with van der Waals surface area (Å²) in [7, 11) is 0. The molecule has 0 bridgehead atoms. The smallest absolute Gasteiger partial charge is 0.246 e. The van der Waals surface area contributed by atoms with Gasteiger partial charge in [0.05, 0.1) is 0 Å². The van der Waals surface area contributed by atoms with E-state index in [1.807, 2.05) is 44.2 Å². The third-order valence-electron chi connectivity index (χ3n) is 4.60. The van der Waals surface area contributed by atoms with Crippen molar-refractivity contribution in [2.75, 3.05) is 0 Å². The number of rotatable bonds is 8. The number of carbonyl (C=O) groups is 2. The van der Waals surface area contributed by atoms with Gasteiger partial charge in [-0.3, -0.25) is 14.4 Å². The van der Waals surface area contributed by atoms with Crippen molar-refractivity contribution >= 4 is 11.8 Å². The second-order valence-corrected chi connectivity index (χ2v) is 7.08. The monoisotopic (exact) mass is 346 g/mol. The number of carbonyl (C=O) groups excluding carboxylic acids is 2. The summed E-state index contributed by atoms with van der Waals surface area (Å²) in [6.07, 6.45) is 6.40. The highest BCUT2D eigenvalue weighted by atomic mass is 16.7. The number of amides is 2. The molecule has 0 heterocycles. The summed E-state index contributed by atoms with van der Waals surface area (Å²) < 4.78 is 0. The molecule has 1 saturated carbocycles. The van der Waals surface area contributed by atoms with Gasteiger partial charge in [-0.15, -0.1) is 0 Å². The number of nitrogens with one attached hydrogen (secondary N) is 2. The van der Waals surface area contributed by atoms with E-state index in [1.54, 1.807) is 0 Å². The van der Waals surface area contributed by atoms with Crippen molar-refractivity contribution < 1.29 is 14.4 Å². The van der Waals surface area contributed by atoms with Crippen molar-refractivity contribution in [2.24, 2.45) is 5.92 Å². The maximum atomic E-state index is 12.2. The average Bonchev–Trinajstić information content (AvgIpc) is 2.63. The molecule has 0 unspecified atom stereocenters. The zero-order valence-electron chi connectivity index (χ0n) is 15.3. The summed E-state index contributed by atoms with van der Waals surface area (Å²) in [6, 6.07) is 10.0. The van der Waals surface area contributed by atoms with Gasteiger partial charge in [0.25, 0.3) is 0 Å². The third kappa shape index (κ3) is 6.86. The summed E-state index contributed by atoms with van der Waals surface area (Å²) >= 11 is 0. The molecule has 1 fully saturated rings. The molecule has 1 atom stereocenters. The molecule has 0 aliphatic heterocycles. The van der Waals surface area contributed by atoms with Crippen LogP contribution in [0.15, 0.2) is 30.3 Å². The first-order valence-corrected chi connectivity index (χ1v) is 9.36. The van der Waals surface area contributed by atoms with Crippen LogP contribution in [-0.2, 0) is 14.4 Å². The summed E-state index contributed by atoms with van der Waals surface area (Å²) in [5, 5.41) is 3.13. The normalized spacial score (nSPS) is 16.4. The Balaban J connectivity index is 1.86. The van der Waals surface area contributed by atoms with Crippen molar-refractivity contribution in [3.63, 3.8) is 0 Å². The van der Waals surface area contributed by atoms with Gasteiger partial charge in [0.15, 0.2) is 0 Å². The van der Waals surface area contributed by atoms with E-state index in [9.17, 15) is 9.59 Å². The minimum atomic E-state index is -0.332. The third-order valence-corrected chi connectivity index (χ3v) is 4.60. The molecule has 1 aliphatic carbocycles. The molecule has 1 aromatic carbocycles. The van der Waals surface area contributed by atoms with Crippen LogP contribution in [0.5, 0.6) is 0 Å². The van der Waals surface area contributed by atoms with Gasteiger partial charge in [-0.2, -0.15) is 0 Å². The number of hydrogen-bond acceptors (Lipinski definition) is 3. The molecule has 1 aliphatic rings. The van der Waals surface area contributed by atoms with Gasteiger partial charge in [0.1, 0.15) is 6.10 Å². The Bertz CT molecular complexity index is 539. The SMILES string of the molecule is CC(C)C(=O)NO[C@@H](CCC(=O)NC1CCCCC1)c1ccccc1. The van der Waals surface area contributed by atoms with Crippen LogP contribution in [0.1, 0.15) is 70.5 Å². The first-order chi connectivity index (χ1) is 12.1. The van der Waals surface area contributed by atoms with Crippen LogP contribution in [0, 0.1) is 5.92 Å². The van der Waals surface area contributed by atoms with Crippen LogP contribution in [0.25, 0.3) is 0 Å². The molecule has 5 nitrogen and oxygen atoms in total. The van der Waals surface area contributed by atoms with Gasteiger partial charge < -0.3 is 5.32 Å². The van der Waals surface area contributed by atoms with E-state index in [4.69, 9.17) is 4.84 Å². The summed E-state index contributed by atoms with van der Waals surface area (Å²) in [4.78, 5) is 29.6. The van der Waals surface area contributed by atoms with Crippen LogP contribution >= 0.6 is 0 Å². The maximum Gasteiger partial charge on any atom is 0.246 e. The van der Waals surface area contributed by atoms with Crippen molar-refractivity contribution in [1.82, 2.24) is 10.8 Å². The van der Waals surface area contributed by atoms with Gasteiger partial charge in [0.2, 0.25) is 11.8 Å². The fourth-order valence-electron chi connectivity index (χ4n) is 3.02. The molecular formula is C20H30N2O3. The Morgan fingerprint density at radius 3 is 2.44 bits per heavy atom. The van der Waals surface area contributed by atoms with Gasteiger partial charge >= 0.3 is 0 Å². The molecule has 1 aromatic rings. The second kappa shape index (κ2) is 10.2. The molecule has 2 amide bonds. The zero-order valence-corrected chi connectivity index (χ0v) is 15.3. The number of hydroxylamine groups is 1. The second-order valence-electron chi connectivity index (χ2n) is 7.08. The minimum absolute atomic E-state index is 0.0617. The Labute approximate surface area is 150 Å². The van der Waals surface area contributed by atoms with Gasteiger partial charge in [-0.05, 0) is 24.8 Å². The summed E-state index contributed by atoms with van der Waals surface area (Å²) in [5.41, 5.74) is 3.47. The van der Waals surface area contributed by atoms with Gasteiger partial charge in [0, 0.05) is 18.4 Å². The fourth-order valence-corrected chi connectivity index (χ4v) is 3.02. The molecule has 0 radical (unpaired) electrons. The van der Waals surface area contributed by atoms with Crippen LogP contribution in [-0.4, -0.2) is 17.9 Å². The van der Waals surface area contributed by atoms with Crippen molar-refractivity contribution in [3.05, 3.63) is 35.9 Å². The van der Waals surface area contributed by atoms with E-state index in [2.05, 4.69) is 10.8 Å².